The summed E-state index contributed by atoms with van der Waals surface area (Å²) in [5.41, 5.74) is 1.48. The minimum absolute atomic E-state index is 0.0175. The van der Waals surface area contributed by atoms with Crippen molar-refractivity contribution in [2.75, 3.05) is 5.75 Å². The molecule has 1 heterocycles. The lowest BCUT2D eigenvalue weighted by Crippen LogP contribution is -2.38. The Labute approximate surface area is 156 Å². The summed E-state index contributed by atoms with van der Waals surface area (Å²) in [5.74, 6) is -2.21. The van der Waals surface area contributed by atoms with Gasteiger partial charge in [-0.1, -0.05) is 18.2 Å². The Balaban J connectivity index is 2.05. The minimum atomic E-state index is -3.53. The fourth-order valence-corrected chi connectivity index (χ4v) is 3.63. The first kappa shape index (κ1) is 20.1. The number of carboxylic acids is 1. The highest BCUT2D eigenvalue weighted by Gasteiger charge is 2.31. The first-order chi connectivity index (χ1) is 12.0. The first-order valence-corrected chi connectivity index (χ1v) is 10.3. The molecule has 0 fully saturated rings. The third kappa shape index (κ3) is 4.89. The van der Waals surface area contributed by atoms with Crippen LogP contribution in [0.15, 0.2) is 29.6 Å². The Kier molecular flexibility index (Phi) is 5.82. The van der Waals surface area contributed by atoms with E-state index >= 15 is 0 Å². The highest BCUT2D eigenvalue weighted by Crippen LogP contribution is 2.24. The van der Waals surface area contributed by atoms with Gasteiger partial charge in [0.15, 0.2) is 15.5 Å². The van der Waals surface area contributed by atoms with E-state index in [4.69, 9.17) is 5.11 Å². The number of rotatable bonds is 6. The van der Waals surface area contributed by atoms with E-state index in [1.54, 1.807) is 45.0 Å². The van der Waals surface area contributed by atoms with Crippen LogP contribution in [0, 0.1) is 0 Å². The van der Waals surface area contributed by atoms with E-state index in [0.717, 1.165) is 11.1 Å². The molecule has 1 amide bonds. The number of sulfone groups is 1. The summed E-state index contributed by atoms with van der Waals surface area (Å²) < 4.78 is 23.1. The molecule has 0 saturated heterocycles. The minimum Gasteiger partial charge on any atom is -0.476 e. The van der Waals surface area contributed by atoms with Crippen molar-refractivity contribution >= 4 is 33.1 Å². The molecule has 0 atom stereocenters. The summed E-state index contributed by atoms with van der Waals surface area (Å²) in [7, 11) is -3.53. The zero-order valence-electron chi connectivity index (χ0n) is 14.6. The second-order valence-electron chi connectivity index (χ2n) is 6.69. The van der Waals surface area contributed by atoms with Crippen molar-refractivity contribution in [1.82, 2.24) is 10.3 Å². The zero-order valence-corrected chi connectivity index (χ0v) is 16.3. The molecular formula is C17H20N2O5S2. The average Bonchev–Trinajstić information content (AvgIpc) is 3.02. The average molecular weight is 396 g/mol. The second kappa shape index (κ2) is 7.55. The van der Waals surface area contributed by atoms with E-state index in [1.165, 1.54) is 16.7 Å². The summed E-state index contributed by atoms with van der Waals surface area (Å²) in [6.07, 6.45) is 0. The molecule has 2 rings (SSSR count). The van der Waals surface area contributed by atoms with Crippen LogP contribution >= 0.6 is 11.3 Å². The van der Waals surface area contributed by atoms with Gasteiger partial charge in [0.25, 0.3) is 0 Å². The zero-order chi connectivity index (χ0) is 19.5. The molecule has 140 valence electrons. The van der Waals surface area contributed by atoms with Crippen molar-refractivity contribution in [3.8, 4) is 10.6 Å². The highest BCUT2D eigenvalue weighted by molar-refractivity contribution is 7.93. The van der Waals surface area contributed by atoms with Crippen LogP contribution in [0.3, 0.4) is 0 Å². The van der Waals surface area contributed by atoms with Gasteiger partial charge in [-0.25, -0.2) is 18.2 Å². The number of aromatic carboxylic acids is 1. The Bertz CT molecular complexity index is 927. The van der Waals surface area contributed by atoms with Gasteiger partial charge in [-0.05, 0) is 32.4 Å². The van der Waals surface area contributed by atoms with Crippen molar-refractivity contribution in [1.29, 1.82) is 0 Å². The van der Waals surface area contributed by atoms with Crippen molar-refractivity contribution in [2.45, 2.75) is 32.1 Å². The third-order valence-electron chi connectivity index (χ3n) is 3.64. The van der Waals surface area contributed by atoms with Gasteiger partial charge in [0.1, 0.15) is 10.8 Å². The molecule has 0 unspecified atom stereocenters. The van der Waals surface area contributed by atoms with Gasteiger partial charge in [-0.2, -0.15) is 0 Å². The highest BCUT2D eigenvalue weighted by atomic mass is 32.2. The van der Waals surface area contributed by atoms with E-state index in [2.05, 4.69) is 10.3 Å². The van der Waals surface area contributed by atoms with Gasteiger partial charge in [0.05, 0.1) is 4.75 Å². The number of nitrogens with one attached hydrogen (secondary N) is 1. The number of nitrogens with zero attached hydrogens (tertiary/aromatic N) is 1. The number of carbonyl (C=O) groups excluding carboxylic acids is 1. The number of benzene rings is 1. The molecule has 2 aromatic rings. The Morgan fingerprint density at radius 1 is 1.27 bits per heavy atom. The molecule has 2 N–H and O–H groups in total. The quantitative estimate of drug-likeness (QED) is 0.775. The van der Waals surface area contributed by atoms with Crippen LogP contribution in [0.2, 0.25) is 0 Å². The van der Waals surface area contributed by atoms with Gasteiger partial charge in [-0.3, -0.25) is 4.79 Å². The van der Waals surface area contributed by atoms with E-state index in [-0.39, 0.29) is 12.2 Å². The van der Waals surface area contributed by atoms with E-state index in [9.17, 15) is 18.0 Å². The number of carbonyl (C=O) groups is 2. The van der Waals surface area contributed by atoms with Gasteiger partial charge >= 0.3 is 5.97 Å². The van der Waals surface area contributed by atoms with Crippen molar-refractivity contribution in [3.63, 3.8) is 0 Å². The summed E-state index contributed by atoms with van der Waals surface area (Å²) in [6.45, 7) is 4.83. The van der Waals surface area contributed by atoms with Crippen LogP contribution in [-0.2, 0) is 21.2 Å². The van der Waals surface area contributed by atoms with Crippen LogP contribution in [0.4, 0.5) is 0 Å². The van der Waals surface area contributed by atoms with Gasteiger partial charge in [0.2, 0.25) is 5.91 Å². The molecule has 7 nitrogen and oxygen atoms in total. The Morgan fingerprint density at radius 2 is 1.96 bits per heavy atom. The predicted molar refractivity (Wildman–Crippen MR) is 99.9 cm³/mol. The normalized spacial score (nSPS) is 12.0. The molecule has 0 aliphatic heterocycles. The molecule has 0 spiro atoms. The molecule has 0 saturated carbocycles. The molecule has 0 bridgehead atoms. The fraction of sp³-hybridized carbons (Fsp3) is 0.353. The molecule has 1 aromatic heterocycles. The lowest BCUT2D eigenvalue weighted by atomic mass is 10.1. The van der Waals surface area contributed by atoms with Crippen LogP contribution in [0.25, 0.3) is 10.6 Å². The SMILES string of the molecule is CC(C)(C)S(=O)(=O)CC(=O)NCc1cccc(-c2nc(C(=O)O)cs2)c1. The van der Waals surface area contributed by atoms with Gasteiger partial charge in [-0.15, -0.1) is 11.3 Å². The third-order valence-corrected chi connectivity index (χ3v) is 7.04. The van der Waals surface area contributed by atoms with Gasteiger partial charge < -0.3 is 10.4 Å². The molecule has 0 aliphatic rings. The number of thiazole rings is 1. The number of carboxylic acid groups (broad SMARTS) is 1. The van der Waals surface area contributed by atoms with E-state index < -0.39 is 32.2 Å². The smallest absolute Gasteiger partial charge is 0.355 e. The van der Waals surface area contributed by atoms with Crippen LogP contribution in [-0.4, -0.2) is 40.9 Å². The summed E-state index contributed by atoms with van der Waals surface area (Å²) in [4.78, 5) is 26.9. The molecule has 9 heteroatoms. The van der Waals surface area contributed by atoms with E-state index in [1.807, 2.05) is 0 Å². The maximum absolute atomic E-state index is 12.1. The van der Waals surface area contributed by atoms with Crippen molar-refractivity contribution in [2.24, 2.45) is 0 Å². The topological polar surface area (TPSA) is 113 Å². The molecule has 0 radical (unpaired) electrons. The lowest BCUT2D eigenvalue weighted by molar-refractivity contribution is -0.118. The molecule has 26 heavy (non-hydrogen) atoms. The number of hydrogen-bond acceptors (Lipinski definition) is 6. The Hall–Kier alpha value is -2.26. The first-order valence-electron chi connectivity index (χ1n) is 7.77. The number of aromatic nitrogens is 1. The van der Waals surface area contributed by atoms with Crippen LogP contribution in [0.1, 0.15) is 36.8 Å². The standard InChI is InChI=1S/C17H20N2O5S2/c1-17(2,3)26(23,24)10-14(20)18-8-11-5-4-6-12(7-11)15-19-13(9-25-15)16(21)22/h4-7,9H,8,10H2,1-3H3,(H,18,20)(H,21,22). The van der Waals surface area contributed by atoms with Crippen LogP contribution < -0.4 is 5.32 Å². The van der Waals surface area contributed by atoms with Crippen LogP contribution in [0.5, 0.6) is 0 Å². The van der Waals surface area contributed by atoms with Gasteiger partial charge in [0, 0.05) is 17.5 Å². The predicted octanol–water partition coefficient (Wildman–Crippen LogP) is 2.34. The van der Waals surface area contributed by atoms with Crippen molar-refractivity contribution < 1.29 is 23.1 Å². The summed E-state index contributed by atoms with van der Waals surface area (Å²) >= 11 is 1.22. The molecule has 1 aromatic carbocycles. The second-order valence-corrected chi connectivity index (χ2v) is 10.3. The maximum atomic E-state index is 12.1. The summed E-state index contributed by atoms with van der Waals surface area (Å²) in [5, 5.41) is 13.6. The number of hydrogen-bond donors (Lipinski definition) is 2. The monoisotopic (exact) mass is 396 g/mol. The van der Waals surface area contributed by atoms with E-state index in [0.29, 0.717) is 5.01 Å². The number of amides is 1. The molecular weight excluding hydrogens is 376 g/mol. The fourth-order valence-electron chi connectivity index (χ4n) is 1.96. The molecule has 0 aliphatic carbocycles. The maximum Gasteiger partial charge on any atom is 0.355 e. The summed E-state index contributed by atoms with van der Waals surface area (Å²) in [6, 6.07) is 7.13. The van der Waals surface area contributed by atoms with Crippen molar-refractivity contribution in [3.05, 3.63) is 40.9 Å². The lowest BCUT2D eigenvalue weighted by Gasteiger charge is -2.18. The largest absolute Gasteiger partial charge is 0.476 e. The Morgan fingerprint density at radius 3 is 2.54 bits per heavy atom.